The molecule has 2 heterocycles. The summed E-state index contributed by atoms with van der Waals surface area (Å²) >= 11 is 1.50. The van der Waals surface area contributed by atoms with E-state index in [0.29, 0.717) is 0 Å². The van der Waals surface area contributed by atoms with Crippen LogP contribution in [0.3, 0.4) is 0 Å². The number of aromatic nitrogens is 1. The Labute approximate surface area is 67.4 Å². The van der Waals surface area contributed by atoms with Gasteiger partial charge in [0.2, 0.25) is 0 Å². The molecule has 0 spiro atoms. The van der Waals surface area contributed by atoms with E-state index in [4.69, 9.17) is 4.84 Å². The normalized spacial score (nSPS) is 10.6. The minimum absolute atomic E-state index is 0.275. The molecular formula is C7H7NO2S. The zero-order valence-electron chi connectivity index (χ0n) is 5.94. The molecule has 3 nitrogen and oxygen atoms in total. The standard InChI is InChI=1S/C7H7NO2S/c1-10-8-3-2-6-7(8)5(9)4-11-6/h2-4,9H,1H3. The third kappa shape index (κ3) is 0.793. The van der Waals surface area contributed by atoms with Crippen LogP contribution in [-0.2, 0) is 0 Å². The molecule has 0 saturated carbocycles. The summed E-state index contributed by atoms with van der Waals surface area (Å²) in [4.78, 5) is 4.97. The lowest BCUT2D eigenvalue weighted by molar-refractivity contribution is 0.178. The van der Waals surface area contributed by atoms with Gasteiger partial charge in [-0.1, -0.05) is 0 Å². The Balaban J connectivity index is 2.80. The summed E-state index contributed by atoms with van der Waals surface area (Å²) in [5.74, 6) is 0.275. The Morgan fingerprint density at radius 1 is 1.64 bits per heavy atom. The summed E-state index contributed by atoms with van der Waals surface area (Å²) in [7, 11) is 1.57. The largest absolute Gasteiger partial charge is 0.505 e. The SMILES string of the molecule is COn1ccc2scc(O)c21. The Kier molecular flexibility index (Phi) is 1.29. The van der Waals surface area contributed by atoms with Gasteiger partial charge in [-0.05, 0) is 6.07 Å². The second-order valence-corrected chi connectivity index (χ2v) is 3.07. The molecule has 0 amide bonds. The number of hydrogen-bond donors (Lipinski definition) is 1. The van der Waals surface area contributed by atoms with Crippen molar-refractivity contribution in [2.24, 2.45) is 0 Å². The minimum atomic E-state index is 0.275. The zero-order valence-corrected chi connectivity index (χ0v) is 6.76. The lowest BCUT2D eigenvalue weighted by atomic mass is 10.5. The van der Waals surface area contributed by atoms with Crippen molar-refractivity contribution in [2.45, 2.75) is 0 Å². The average Bonchev–Trinajstić information content (AvgIpc) is 2.54. The van der Waals surface area contributed by atoms with Crippen molar-refractivity contribution in [1.82, 2.24) is 4.73 Å². The predicted octanol–water partition coefficient (Wildman–Crippen LogP) is 1.47. The fourth-order valence-corrected chi connectivity index (χ4v) is 1.85. The van der Waals surface area contributed by atoms with Gasteiger partial charge in [0.15, 0.2) is 5.75 Å². The first-order valence-corrected chi connectivity index (χ1v) is 4.03. The molecule has 2 aromatic heterocycles. The molecule has 0 atom stereocenters. The summed E-state index contributed by atoms with van der Waals surface area (Å²) in [6, 6.07) is 1.91. The molecule has 0 fully saturated rings. The van der Waals surface area contributed by atoms with Gasteiger partial charge in [0, 0.05) is 11.6 Å². The van der Waals surface area contributed by atoms with E-state index in [9.17, 15) is 5.11 Å². The van der Waals surface area contributed by atoms with E-state index < -0.39 is 0 Å². The summed E-state index contributed by atoms with van der Waals surface area (Å²) in [6.07, 6.45) is 1.78. The number of fused-ring (bicyclic) bond motifs is 1. The molecule has 11 heavy (non-hydrogen) atoms. The summed E-state index contributed by atoms with van der Waals surface area (Å²) in [6.45, 7) is 0. The first-order chi connectivity index (χ1) is 5.33. The highest BCUT2D eigenvalue weighted by atomic mass is 32.1. The van der Waals surface area contributed by atoms with Crippen LogP contribution in [0.1, 0.15) is 0 Å². The average molecular weight is 169 g/mol. The van der Waals surface area contributed by atoms with Crippen LogP contribution in [0.25, 0.3) is 10.2 Å². The first kappa shape index (κ1) is 6.54. The van der Waals surface area contributed by atoms with Crippen LogP contribution in [0, 0.1) is 0 Å². The van der Waals surface area contributed by atoms with Crippen molar-refractivity contribution < 1.29 is 9.94 Å². The van der Waals surface area contributed by atoms with Gasteiger partial charge in [0.05, 0.1) is 4.70 Å². The quantitative estimate of drug-likeness (QED) is 0.701. The van der Waals surface area contributed by atoms with Gasteiger partial charge < -0.3 is 9.94 Å². The molecule has 1 N–H and O–H groups in total. The highest BCUT2D eigenvalue weighted by Gasteiger charge is 2.07. The molecule has 0 aromatic carbocycles. The third-order valence-electron chi connectivity index (χ3n) is 1.55. The molecule has 0 aliphatic heterocycles. The molecule has 2 aromatic rings. The molecule has 4 heteroatoms. The van der Waals surface area contributed by atoms with Crippen molar-refractivity contribution in [3.05, 3.63) is 17.6 Å². The van der Waals surface area contributed by atoms with Crippen LogP contribution in [0.2, 0.25) is 0 Å². The van der Waals surface area contributed by atoms with Crippen molar-refractivity contribution in [3.63, 3.8) is 0 Å². The van der Waals surface area contributed by atoms with Crippen molar-refractivity contribution in [3.8, 4) is 5.75 Å². The number of aromatic hydroxyl groups is 1. The predicted molar refractivity (Wildman–Crippen MR) is 44.0 cm³/mol. The zero-order chi connectivity index (χ0) is 7.84. The molecule has 58 valence electrons. The van der Waals surface area contributed by atoms with Crippen molar-refractivity contribution in [1.29, 1.82) is 0 Å². The Morgan fingerprint density at radius 3 is 3.18 bits per heavy atom. The molecule has 0 unspecified atom stereocenters. The van der Waals surface area contributed by atoms with E-state index in [0.717, 1.165) is 10.2 Å². The highest BCUT2D eigenvalue weighted by molar-refractivity contribution is 7.17. The molecular weight excluding hydrogens is 162 g/mol. The third-order valence-corrected chi connectivity index (χ3v) is 2.48. The van der Waals surface area contributed by atoms with E-state index in [1.54, 1.807) is 23.4 Å². The molecule has 0 aliphatic carbocycles. The molecule has 2 rings (SSSR count). The number of thiophene rings is 1. The fourth-order valence-electron chi connectivity index (χ4n) is 1.06. The highest BCUT2D eigenvalue weighted by Crippen LogP contribution is 2.31. The number of hydrogen-bond acceptors (Lipinski definition) is 3. The maximum absolute atomic E-state index is 9.32. The minimum Gasteiger partial charge on any atom is -0.505 e. The van der Waals surface area contributed by atoms with Gasteiger partial charge >= 0.3 is 0 Å². The van der Waals surface area contributed by atoms with Crippen molar-refractivity contribution >= 4 is 21.6 Å². The van der Waals surface area contributed by atoms with E-state index >= 15 is 0 Å². The van der Waals surface area contributed by atoms with Crippen LogP contribution in [-0.4, -0.2) is 16.9 Å². The van der Waals surface area contributed by atoms with Crippen LogP contribution in [0.15, 0.2) is 17.6 Å². The topological polar surface area (TPSA) is 34.4 Å². The van der Waals surface area contributed by atoms with Gasteiger partial charge in [-0.2, -0.15) is 4.73 Å². The van der Waals surface area contributed by atoms with E-state index in [2.05, 4.69) is 0 Å². The fraction of sp³-hybridized carbons (Fsp3) is 0.143. The molecule has 0 bridgehead atoms. The Bertz CT molecular complexity index is 377. The number of rotatable bonds is 1. The van der Waals surface area contributed by atoms with E-state index in [1.165, 1.54) is 11.3 Å². The van der Waals surface area contributed by atoms with Crippen LogP contribution in [0.5, 0.6) is 5.75 Å². The van der Waals surface area contributed by atoms with Gasteiger partial charge in [0.1, 0.15) is 12.6 Å². The van der Waals surface area contributed by atoms with Crippen molar-refractivity contribution in [2.75, 3.05) is 7.11 Å². The Morgan fingerprint density at radius 2 is 2.45 bits per heavy atom. The van der Waals surface area contributed by atoms with Crippen LogP contribution >= 0.6 is 11.3 Å². The van der Waals surface area contributed by atoms with Gasteiger partial charge in [-0.25, -0.2) is 0 Å². The number of nitrogens with zero attached hydrogens (tertiary/aromatic N) is 1. The maximum Gasteiger partial charge on any atom is 0.154 e. The van der Waals surface area contributed by atoms with Gasteiger partial charge in [-0.3, -0.25) is 0 Å². The molecule has 0 saturated heterocycles. The Hall–Kier alpha value is -1.16. The van der Waals surface area contributed by atoms with Crippen LogP contribution in [0.4, 0.5) is 0 Å². The maximum atomic E-state index is 9.32. The van der Waals surface area contributed by atoms with Gasteiger partial charge in [-0.15, -0.1) is 11.3 Å². The van der Waals surface area contributed by atoms with E-state index in [1.807, 2.05) is 6.07 Å². The summed E-state index contributed by atoms with van der Waals surface area (Å²) < 4.78 is 2.57. The second-order valence-electron chi connectivity index (χ2n) is 2.16. The van der Waals surface area contributed by atoms with Crippen LogP contribution < -0.4 is 4.84 Å². The smallest absolute Gasteiger partial charge is 0.154 e. The second kappa shape index (κ2) is 2.17. The van der Waals surface area contributed by atoms with E-state index in [-0.39, 0.29) is 5.75 Å². The lowest BCUT2D eigenvalue weighted by Gasteiger charge is -1.99. The molecule has 0 aliphatic rings. The lowest BCUT2D eigenvalue weighted by Crippen LogP contribution is -2.01. The van der Waals surface area contributed by atoms with Gasteiger partial charge in [0.25, 0.3) is 0 Å². The molecule has 0 radical (unpaired) electrons. The summed E-state index contributed by atoms with van der Waals surface area (Å²) in [5, 5.41) is 11.0. The summed E-state index contributed by atoms with van der Waals surface area (Å²) in [5.41, 5.74) is 0.748. The first-order valence-electron chi connectivity index (χ1n) is 3.15. The monoisotopic (exact) mass is 169 g/mol.